The van der Waals surface area contributed by atoms with Gasteiger partial charge in [0.05, 0.1) is 19.5 Å². The van der Waals surface area contributed by atoms with Crippen LogP contribution in [0.1, 0.15) is 45.0 Å². The van der Waals surface area contributed by atoms with Crippen molar-refractivity contribution in [1.82, 2.24) is 40.4 Å². The van der Waals surface area contributed by atoms with Crippen molar-refractivity contribution in [2.75, 3.05) is 43.5 Å². The molecule has 7 unspecified atom stereocenters. The number of aliphatic hydroxyl groups is 2. The van der Waals surface area contributed by atoms with Gasteiger partial charge in [0.25, 0.3) is 5.91 Å². The van der Waals surface area contributed by atoms with E-state index in [1.165, 1.54) is 54.8 Å². The Bertz CT molecular complexity index is 2820. The van der Waals surface area contributed by atoms with Gasteiger partial charge in [0.15, 0.2) is 17.7 Å². The molecule has 74 heavy (non-hydrogen) atoms. The maximum absolute atomic E-state index is 13.5. The van der Waals surface area contributed by atoms with Gasteiger partial charge in [-0.2, -0.15) is 4.31 Å². The van der Waals surface area contributed by atoms with Crippen LogP contribution in [0.4, 0.5) is 5.82 Å². The van der Waals surface area contributed by atoms with Gasteiger partial charge in [0, 0.05) is 36.4 Å². The number of aliphatic hydroxyl groups excluding tert-OH is 2. The lowest BCUT2D eigenvalue weighted by molar-refractivity contribution is -0.147. The molecule has 6 rings (SSSR count). The molecule has 3 aliphatic heterocycles. The first kappa shape index (κ1) is 58.6. The minimum Gasteiger partial charge on any atom is -0.508 e. The number of carbonyl (C=O) groups excluding carboxylic acids is 5. The number of aromatic nitrogens is 4. The van der Waals surface area contributed by atoms with Gasteiger partial charge < -0.3 is 67.0 Å². The van der Waals surface area contributed by atoms with Crippen LogP contribution in [0.15, 0.2) is 60.3 Å². The third-order valence-electron chi connectivity index (χ3n) is 11.1. The summed E-state index contributed by atoms with van der Waals surface area (Å²) in [6.45, 7) is 1.78. The first-order valence-corrected chi connectivity index (χ1v) is 28.4. The molecule has 2 fully saturated rings. The molecule has 1 aromatic carbocycles. The van der Waals surface area contributed by atoms with Gasteiger partial charge in [-0.1, -0.05) is 49.9 Å². The summed E-state index contributed by atoms with van der Waals surface area (Å²) in [5.74, 6) is -2.35. The van der Waals surface area contributed by atoms with E-state index >= 15 is 0 Å². The molecule has 0 spiro atoms. The number of β-lactam (4-membered cyclic amide) rings is 1. The number of allylic oxidation sites excluding steroid dienone is 2. The second kappa shape index (κ2) is 24.1. The van der Waals surface area contributed by atoms with Crippen molar-refractivity contribution in [3.63, 3.8) is 0 Å². The highest BCUT2D eigenvalue weighted by atomic mass is 32.2. The zero-order valence-corrected chi connectivity index (χ0v) is 43.5. The third-order valence-corrected chi connectivity index (χ3v) is 16.4. The van der Waals surface area contributed by atoms with Crippen molar-refractivity contribution in [3.8, 4) is 5.75 Å². The minimum absolute atomic E-state index is 0.00267. The molecular formula is C39H53N10O20P3S2. The van der Waals surface area contributed by atoms with Crippen LogP contribution < -0.4 is 27.4 Å². The summed E-state index contributed by atoms with van der Waals surface area (Å²) in [7, 11) is -16.6. The number of nitrogens with two attached hydrogens (primary N) is 2. The number of phosphoric acid groups is 3. The van der Waals surface area contributed by atoms with Crippen LogP contribution in [0.3, 0.4) is 0 Å². The number of anilines is 1. The highest BCUT2D eigenvalue weighted by molar-refractivity contribution is 8.14. The van der Waals surface area contributed by atoms with Crippen LogP contribution in [0.2, 0.25) is 0 Å². The van der Waals surface area contributed by atoms with E-state index in [9.17, 15) is 72.6 Å². The number of benzene rings is 1. The van der Waals surface area contributed by atoms with Gasteiger partial charge >= 0.3 is 23.5 Å². The summed E-state index contributed by atoms with van der Waals surface area (Å²) < 4.78 is 62.6. The topological polar surface area (TPSA) is 459 Å². The number of aromatic hydroxyl groups is 1. The zero-order valence-electron chi connectivity index (χ0n) is 39.2. The highest BCUT2D eigenvalue weighted by Crippen LogP contribution is 2.61. The number of nitrogens with one attached hydrogen (secondary N) is 3. The standard InChI is InChI=1S/C39H53N10O20P3S2/c1-4-5-20-15-74-37-26(47-33(54)24(40)19-6-8-21(50)9-7-19)35(56)49(37)27(20)38(57)73-13-12-42-23(51)10-11-43-34(55)30(53)39(2,3)16-66-72(63,64)69-71(61,62)65-14-22-29(68-70(58,59)60)28(52)36(67-22)48-18-46-25-31(41)44-17-45-32(25)48/h4-9,17-18,22,24,26,28-30,36-37,50,52-53H,10-16,40H2,1-3H3,(H,42,51)(H,43,55)(H,47,54)(H,61,62)(H,63,64)(H2,41,44,45)(H2,58,59,60)/b5-4+/t22?,24-,26-,28?,29?,30?,36?,37-/m1/s1. The van der Waals surface area contributed by atoms with Gasteiger partial charge in [0.1, 0.15) is 65.2 Å². The van der Waals surface area contributed by atoms with Crippen LogP contribution in [-0.4, -0.2) is 162 Å². The lowest BCUT2D eigenvalue weighted by Crippen LogP contribution is -2.70. The predicted molar refractivity (Wildman–Crippen MR) is 259 cm³/mol. The fourth-order valence-corrected chi connectivity index (χ4v) is 12.3. The average Bonchev–Trinajstić information content (AvgIpc) is 3.89. The minimum atomic E-state index is -5.63. The third kappa shape index (κ3) is 14.4. The number of phenolic OH excluding ortho intramolecular Hbond substituents is 1. The number of phenols is 1. The number of phosphoric ester groups is 3. The van der Waals surface area contributed by atoms with Gasteiger partial charge in [-0.15, -0.1) is 11.8 Å². The number of carbonyl (C=O) groups is 5. The molecule has 2 saturated heterocycles. The van der Waals surface area contributed by atoms with E-state index in [1.807, 2.05) is 0 Å². The van der Waals surface area contributed by atoms with E-state index in [0.29, 0.717) is 16.9 Å². The van der Waals surface area contributed by atoms with Crippen LogP contribution in [0.25, 0.3) is 11.2 Å². The number of amides is 4. The van der Waals surface area contributed by atoms with E-state index in [2.05, 4.69) is 39.7 Å². The molecule has 4 amide bonds. The number of ether oxygens (including phenoxy) is 1. The molecule has 0 aliphatic carbocycles. The van der Waals surface area contributed by atoms with E-state index in [-0.39, 0.29) is 53.7 Å². The van der Waals surface area contributed by atoms with E-state index < -0.39 is 119 Å². The van der Waals surface area contributed by atoms with Crippen molar-refractivity contribution >= 4 is 92.7 Å². The Morgan fingerprint density at radius 2 is 1.72 bits per heavy atom. The molecule has 14 N–H and O–H groups in total. The molecule has 406 valence electrons. The van der Waals surface area contributed by atoms with Crippen molar-refractivity contribution in [1.29, 1.82) is 0 Å². The molecule has 0 radical (unpaired) electrons. The maximum Gasteiger partial charge on any atom is 0.481 e. The SMILES string of the molecule is C/C=C/C1=C(C(=O)SCCNC(=O)CCNC(=O)C(O)C(C)(C)COP(=O)(O)OP(=O)(O)OCC2OC(n3cnc4c(N)ncnc43)C(O)C2OP(=O)(O)O)N2C(=O)[C@@H](NC(=O)[C@H](N)c3ccc(O)cc3)[C@H]2SC1. The fourth-order valence-electron chi connectivity index (χ4n) is 7.38. The Morgan fingerprint density at radius 1 is 1.03 bits per heavy atom. The summed E-state index contributed by atoms with van der Waals surface area (Å²) in [4.78, 5) is 118. The highest BCUT2D eigenvalue weighted by Gasteiger charge is 2.54. The normalized spacial score (nSPS) is 23.6. The summed E-state index contributed by atoms with van der Waals surface area (Å²) in [5, 5.41) is 37.8. The van der Waals surface area contributed by atoms with Gasteiger partial charge in [-0.05, 0) is 30.2 Å². The number of hydrogen-bond acceptors (Lipinski definition) is 23. The summed E-state index contributed by atoms with van der Waals surface area (Å²) >= 11 is 2.20. The quantitative estimate of drug-likeness (QED) is 0.0300. The molecule has 0 saturated carbocycles. The number of hydrogen-bond donors (Lipinski definition) is 12. The second-order valence-electron chi connectivity index (χ2n) is 17.0. The number of fused-ring (bicyclic) bond motifs is 2. The predicted octanol–water partition coefficient (Wildman–Crippen LogP) is -0.700. The van der Waals surface area contributed by atoms with Crippen LogP contribution in [0.5, 0.6) is 5.75 Å². The molecule has 30 nitrogen and oxygen atoms in total. The number of rotatable bonds is 24. The lowest BCUT2D eigenvalue weighted by atomic mass is 9.87. The summed E-state index contributed by atoms with van der Waals surface area (Å²) in [6.07, 6.45) is -3.84. The number of nitrogens with zero attached hydrogens (tertiary/aromatic N) is 5. The molecule has 2 aromatic heterocycles. The summed E-state index contributed by atoms with van der Waals surface area (Å²) in [5.41, 5.74) is 11.4. The second-order valence-corrected chi connectivity index (χ2v) is 23.5. The van der Waals surface area contributed by atoms with Gasteiger partial charge in [-0.3, -0.25) is 47.0 Å². The lowest BCUT2D eigenvalue weighted by Gasteiger charge is -2.50. The van der Waals surface area contributed by atoms with Crippen molar-refractivity contribution in [3.05, 3.63) is 65.9 Å². The molecule has 10 atom stereocenters. The number of imidazole rings is 1. The number of thioether (sulfide) groups is 2. The molecule has 3 aliphatic rings. The monoisotopic (exact) mass is 1140 g/mol. The number of nitrogen functional groups attached to an aromatic ring is 1. The Labute approximate surface area is 428 Å². The van der Waals surface area contributed by atoms with Gasteiger partial charge in [0.2, 0.25) is 22.8 Å². The zero-order chi connectivity index (χ0) is 54.5. The average molecular weight is 1140 g/mol. The molecule has 3 aromatic rings. The van der Waals surface area contributed by atoms with Crippen molar-refractivity contribution < 1.29 is 95.2 Å². The van der Waals surface area contributed by atoms with E-state index in [0.717, 1.165) is 29.0 Å². The Morgan fingerprint density at radius 3 is 2.39 bits per heavy atom. The largest absolute Gasteiger partial charge is 0.508 e. The smallest absolute Gasteiger partial charge is 0.481 e. The molecule has 5 heterocycles. The van der Waals surface area contributed by atoms with Crippen LogP contribution in [-0.2, 0) is 60.3 Å². The van der Waals surface area contributed by atoms with Crippen molar-refractivity contribution in [2.24, 2.45) is 11.1 Å². The van der Waals surface area contributed by atoms with E-state index in [4.69, 9.17) is 25.3 Å². The first-order chi connectivity index (χ1) is 34.6. The van der Waals surface area contributed by atoms with Crippen LogP contribution >= 0.6 is 47.0 Å². The van der Waals surface area contributed by atoms with Crippen LogP contribution in [0, 0.1) is 5.41 Å². The Kier molecular flexibility index (Phi) is 19.1. The molecular weight excluding hydrogens is 1090 g/mol. The Hall–Kier alpha value is -4.69. The van der Waals surface area contributed by atoms with Crippen molar-refractivity contribution in [2.45, 2.75) is 75.3 Å². The maximum atomic E-state index is 13.5. The summed E-state index contributed by atoms with van der Waals surface area (Å²) in [6, 6.07) is 3.66. The molecule has 35 heteroatoms. The first-order valence-electron chi connectivity index (χ1n) is 21.8. The molecule has 0 bridgehead atoms. The Balaban J connectivity index is 0.913. The fraction of sp³-hybridized carbons (Fsp3) is 0.487. The van der Waals surface area contributed by atoms with Gasteiger partial charge in [-0.25, -0.2) is 28.6 Å². The van der Waals surface area contributed by atoms with E-state index in [1.54, 1.807) is 19.1 Å².